The van der Waals surface area contributed by atoms with Gasteiger partial charge in [0.05, 0.1) is 30.8 Å². The minimum absolute atomic E-state index is 0.0245. The topological polar surface area (TPSA) is 160 Å². The predicted molar refractivity (Wildman–Crippen MR) is 146 cm³/mol. The summed E-state index contributed by atoms with van der Waals surface area (Å²) >= 11 is 0. The Morgan fingerprint density at radius 3 is 2.33 bits per heavy atom. The highest BCUT2D eigenvalue weighted by Gasteiger charge is 2.15. The lowest BCUT2D eigenvalue weighted by Gasteiger charge is -2.15. The number of aliphatic hydroxyl groups excluding tert-OH is 2. The van der Waals surface area contributed by atoms with E-state index in [4.69, 9.17) is 4.74 Å². The zero-order valence-corrected chi connectivity index (χ0v) is 20.9. The van der Waals surface area contributed by atoms with Crippen LogP contribution in [0, 0.1) is 10.1 Å². The Morgan fingerprint density at radius 2 is 1.67 bits per heavy atom. The molecule has 4 aromatic rings. The fraction of sp³-hybridized carbons (Fsp3) is 0.107. The van der Waals surface area contributed by atoms with Gasteiger partial charge in [-0.1, -0.05) is 0 Å². The van der Waals surface area contributed by atoms with E-state index < -0.39 is 4.92 Å². The van der Waals surface area contributed by atoms with Crippen LogP contribution in [-0.4, -0.2) is 38.0 Å². The molecule has 2 aromatic heterocycles. The summed E-state index contributed by atoms with van der Waals surface area (Å²) in [5, 5.41) is 36.5. The minimum atomic E-state index is -0.474. The second-order valence-corrected chi connectivity index (χ2v) is 8.22. The van der Waals surface area contributed by atoms with E-state index in [9.17, 15) is 25.1 Å². The number of carbonyl (C=O) groups excluding carboxylic acids is 1. The van der Waals surface area contributed by atoms with Crippen molar-refractivity contribution in [3.8, 4) is 5.75 Å². The molecule has 0 bridgehead atoms. The van der Waals surface area contributed by atoms with Gasteiger partial charge >= 0.3 is 0 Å². The summed E-state index contributed by atoms with van der Waals surface area (Å²) in [6.45, 7) is -0.604. The van der Waals surface area contributed by atoms with Crippen molar-refractivity contribution in [1.29, 1.82) is 0 Å². The molecule has 11 heteroatoms. The second-order valence-electron chi connectivity index (χ2n) is 8.22. The van der Waals surface area contributed by atoms with Crippen molar-refractivity contribution in [2.45, 2.75) is 13.2 Å². The lowest BCUT2D eigenvalue weighted by molar-refractivity contribution is -0.384. The number of allylic oxidation sites excluding steroid dienone is 1. The number of methoxy groups -OCH3 is 1. The Balaban J connectivity index is 1.56. The minimum Gasteiger partial charge on any atom is -0.496 e. The predicted octanol–water partition coefficient (Wildman–Crippen LogP) is 4.76. The van der Waals surface area contributed by atoms with Crippen LogP contribution in [0.1, 0.15) is 27.0 Å². The number of nitrogens with zero attached hydrogens (tertiary/aromatic N) is 3. The molecule has 198 valence electrons. The lowest BCUT2D eigenvalue weighted by Crippen LogP contribution is -2.05. The number of nitro groups is 1. The number of rotatable bonds is 11. The van der Waals surface area contributed by atoms with E-state index >= 15 is 0 Å². The third kappa shape index (κ3) is 6.42. The number of hydrogen-bond donors (Lipinski definition) is 4. The Morgan fingerprint density at radius 1 is 0.974 bits per heavy atom. The van der Waals surface area contributed by atoms with Crippen molar-refractivity contribution in [1.82, 2.24) is 9.97 Å². The molecule has 0 fully saturated rings. The number of ketones is 1. The average molecular weight is 528 g/mol. The van der Waals surface area contributed by atoms with E-state index in [2.05, 4.69) is 20.6 Å². The monoisotopic (exact) mass is 527 g/mol. The summed E-state index contributed by atoms with van der Waals surface area (Å²) in [5.41, 5.74) is 2.98. The summed E-state index contributed by atoms with van der Waals surface area (Å²) in [7, 11) is 1.46. The molecule has 0 aliphatic carbocycles. The molecule has 0 saturated carbocycles. The molecule has 0 spiro atoms. The largest absolute Gasteiger partial charge is 0.496 e. The molecule has 0 saturated heterocycles. The number of nitro benzene ring substituents is 1. The SMILES string of the molecule is COc1cc(Nc2ncccc2C(=O)/C=C/c2cccnc2Nc2ccc([N+](=O)[O-])cc2)cc(CO)c1CO. The van der Waals surface area contributed by atoms with E-state index in [-0.39, 0.29) is 24.7 Å². The molecular formula is C28H25N5O6. The smallest absolute Gasteiger partial charge is 0.269 e. The van der Waals surface area contributed by atoms with Gasteiger partial charge in [-0.25, -0.2) is 9.97 Å². The van der Waals surface area contributed by atoms with Crippen molar-refractivity contribution >= 4 is 40.6 Å². The van der Waals surface area contributed by atoms with Gasteiger partial charge in [-0.05, 0) is 60.2 Å². The molecule has 0 unspecified atom stereocenters. The van der Waals surface area contributed by atoms with Crippen molar-refractivity contribution in [3.05, 3.63) is 112 Å². The highest BCUT2D eigenvalue weighted by molar-refractivity contribution is 6.10. The first kappa shape index (κ1) is 26.9. The van der Waals surface area contributed by atoms with Crippen LogP contribution < -0.4 is 15.4 Å². The van der Waals surface area contributed by atoms with Gasteiger partial charge < -0.3 is 25.6 Å². The zero-order chi connectivity index (χ0) is 27.8. The number of ether oxygens (including phenoxy) is 1. The van der Waals surface area contributed by atoms with Crippen molar-refractivity contribution in [2.75, 3.05) is 17.7 Å². The number of hydrogen-bond acceptors (Lipinski definition) is 10. The lowest BCUT2D eigenvalue weighted by atomic mass is 10.1. The van der Waals surface area contributed by atoms with Crippen molar-refractivity contribution in [2.24, 2.45) is 0 Å². The van der Waals surface area contributed by atoms with E-state index in [1.165, 1.54) is 25.3 Å². The van der Waals surface area contributed by atoms with Gasteiger partial charge in [-0.2, -0.15) is 0 Å². The van der Waals surface area contributed by atoms with E-state index in [0.29, 0.717) is 51.0 Å². The van der Waals surface area contributed by atoms with Gasteiger partial charge in [0.15, 0.2) is 5.78 Å². The standard InChI is InChI=1S/C28H25N5O6/c1-39-26-15-21(14-19(16-34)24(26)17-35)32-28-23(5-3-13-30-28)25(36)11-6-18-4-2-12-29-27(18)31-20-7-9-22(10-8-20)33(37)38/h2-15,34-35H,16-17H2,1H3,(H,29,31)(H,30,32)/b11-6+. The second kappa shape index (κ2) is 12.4. The number of aliphatic hydroxyl groups is 2. The van der Waals surface area contributed by atoms with Crippen LogP contribution in [0.15, 0.2) is 79.1 Å². The number of carbonyl (C=O) groups is 1. The van der Waals surface area contributed by atoms with Gasteiger partial charge in [0, 0.05) is 53.1 Å². The highest BCUT2D eigenvalue weighted by atomic mass is 16.6. The third-order valence-electron chi connectivity index (χ3n) is 5.78. The molecule has 2 aromatic carbocycles. The summed E-state index contributed by atoms with van der Waals surface area (Å²) in [6, 6.07) is 16.0. The van der Waals surface area contributed by atoms with Gasteiger partial charge in [0.25, 0.3) is 5.69 Å². The van der Waals surface area contributed by atoms with Crippen molar-refractivity contribution in [3.63, 3.8) is 0 Å². The van der Waals surface area contributed by atoms with Gasteiger partial charge in [0.1, 0.15) is 17.4 Å². The molecular weight excluding hydrogens is 502 g/mol. The molecule has 2 heterocycles. The Labute approximate surface area is 223 Å². The summed E-state index contributed by atoms with van der Waals surface area (Å²) < 4.78 is 5.34. The van der Waals surface area contributed by atoms with Crippen LogP contribution in [0.3, 0.4) is 0 Å². The Kier molecular flexibility index (Phi) is 8.57. The Bertz CT molecular complexity index is 1500. The maximum absolute atomic E-state index is 13.2. The maximum Gasteiger partial charge on any atom is 0.269 e. The number of nitrogens with one attached hydrogen (secondary N) is 2. The molecule has 4 rings (SSSR count). The van der Waals surface area contributed by atoms with Crippen LogP contribution in [0.5, 0.6) is 5.75 Å². The van der Waals surface area contributed by atoms with Crippen molar-refractivity contribution < 1.29 is 24.7 Å². The number of pyridine rings is 2. The Hall–Kier alpha value is -5.13. The van der Waals surface area contributed by atoms with E-state index in [1.807, 2.05) is 0 Å². The summed E-state index contributed by atoms with van der Waals surface area (Å²) in [5.74, 6) is 0.828. The number of aromatic nitrogens is 2. The first-order valence-corrected chi connectivity index (χ1v) is 11.8. The van der Waals surface area contributed by atoms with Gasteiger partial charge in [-0.3, -0.25) is 14.9 Å². The quantitative estimate of drug-likeness (QED) is 0.0926. The molecule has 4 N–H and O–H groups in total. The molecule has 0 aliphatic heterocycles. The third-order valence-corrected chi connectivity index (χ3v) is 5.78. The van der Waals surface area contributed by atoms with Crippen LogP contribution in [0.25, 0.3) is 6.08 Å². The maximum atomic E-state index is 13.2. The van der Waals surface area contributed by atoms with Crippen LogP contribution in [-0.2, 0) is 13.2 Å². The number of benzene rings is 2. The fourth-order valence-electron chi connectivity index (χ4n) is 3.83. The molecule has 0 amide bonds. The molecule has 0 aliphatic rings. The van der Waals surface area contributed by atoms with Gasteiger partial charge in [-0.15, -0.1) is 0 Å². The molecule has 0 atom stereocenters. The normalized spacial score (nSPS) is 10.8. The summed E-state index contributed by atoms with van der Waals surface area (Å²) in [4.78, 5) is 32.2. The average Bonchev–Trinajstić information content (AvgIpc) is 2.96. The van der Waals surface area contributed by atoms with Crippen LogP contribution in [0.4, 0.5) is 28.7 Å². The van der Waals surface area contributed by atoms with Gasteiger partial charge in [0.2, 0.25) is 0 Å². The first-order chi connectivity index (χ1) is 18.9. The zero-order valence-electron chi connectivity index (χ0n) is 20.9. The summed E-state index contributed by atoms with van der Waals surface area (Å²) in [6.07, 6.45) is 6.15. The molecule has 11 nitrogen and oxygen atoms in total. The first-order valence-electron chi connectivity index (χ1n) is 11.8. The van der Waals surface area contributed by atoms with E-state index in [1.54, 1.807) is 67.0 Å². The van der Waals surface area contributed by atoms with Crippen LogP contribution >= 0.6 is 0 Å². The van der Waals surface area contributed by atoms with Crippen LogP contribution in [0.2, 0.25) is 0 Å². The molecule has 39 heavy (non-hydrogen) atoms. The molecule has 0 radical (unpaired) electrons. The number of anilines is 4. The number of non-ortho nitro benzene ring substituents is 1. The van der Waals surface area contributed by atoms with E-state index in [0.717, 1.165) is 0 Å². The highest BCUT2D eigenvalue weighted by Crippen LogP contribution is 2.30. The fourth-order valence-corrected chi connectivity index (χ4v) is 3.83.